The SMILES string of the molecule is CN(C(=O)O)C1CCN(c2ccc(N)cn2)[C@H]1C(C)(C)C. The highest BCUT2D eigenvalue weighted by molar-refractivity contribution is 5.65. The number of likely N-dealkylation sites (N-methyl/N-ethyl adjacent to an activating group) is 1. The van der Waals surface area contributed by atoms with Gasteiger partial charge in [0.15, 0.2) is 0 Å². The van der Waals surface area contributed by atoms with Crippen LogP contribution >= 0.6 is 0 Å². The summed E-state index contributed by atoms with van der Waals surface area (Å²) in [5.74, 6) is 0.852. The van der Waals surface area contributed by atoms with Crippen molar-refractivity contribution >= 4 is 17.6 Å². The number of aromatic nitrogens is 1. The number of nitrogens with zero attached hydrogens (tertiary/aromatic N) is 3. The van der Waals surface area contributed by atoms with E-state index in [-0.39, 0.29) is 17.5 Å². The number of nitrogens with two attached hydrogens (primary N) is 1. The van der Waals surface area contributed by atoms with Gasteiger partial charge < -0.3 is 20.6 Å². The zero-order valence-electron chi connectivity index (χ0n) is 13.1. The summed E-state index contributed by atoms with van der Waals surface area (Å²) in [6, 6.07) is 3.77. The lowest BCUT2D eigenvalue weighted by molar-refractivity contribution is 0.121. The Kier molecular flexibility index (Phi) is 3.98. The largest absolute Gasteiger partial charge is 0.465 e. The van der Waals surface area contributed by atoms with Crippen molar-refractivity contribution in [1.29, 1.82) is 0 Å². The van der Waals surface area contributed by atoms with Crippen molar-refractivity contribution in [3.8, 4) is 0 Å². The first-order valence-corrected chi connectivity index (χ1v) is 7.15. The normalized spacial score (nSPS) is 22.4. The maximum Gasteiger partial charge on any atom is 0.407 e. The molecule has 1 aromatic heterocycles. The van der Waals surface area contributed by atoms with Gasteiger partial charge in [-0.05, 0) is 24.0 Å². The summed E-state index contributed by atoms with van der Waals surface area (Å²) < 4.78 is 0. The highest BCUT2D eigenvalue weighted by Crippen LogP contribution is 2.37. The third-order valence-electron chi connectivity index (χ3n) is 4.12. The van der Waals surface area contributed by atoms with Gasteiger partial charge in [0.05, 0.1) is 24.0 Å². The van der Waals surface area contributed by atoms with E-state index in [1.807, 2.05) is 12.1 Å². The molecule has 1 aliphatic rings. The second-order valence-corrected chi connectivity index (χ2v) is 6.70. The van der Waals surface area contributed by atoms with Gasteiger partial charge in [-0.25, -0.2) is 9.78 Å². The molecule has 1 unspecified atom stereocenters. The number of anilines is 2. The molecule has 1 aliphatic heterocycles. The first-order valence-electron chi connectivity index (χ1n) is 7.15. The van der Waals surface area contributed by atoms with E-state index in [1.165, 1.54) is 4.90 Å². The van der Waals surface area contributed by atoms with Crippen molar-refractivity contribution in [3.63, 3.8) is 0 Å². The Balaban J connectivity index is 2.34. The summed E-state index contributed by atoms with van der Waals surface area (Å²) in [5, 5.41) is 9.29. The van der Waals surface area contributed by atoms with Gasteiger partial charge in [-0.15, -0.1) is 0 Å². The average Bonchev–Trinajstić information content (AvgIpc) is 2.83. The summed E-state index contributed by atoms with van der Waals surface area (Å²) in [6.45, 7) is 7.20. The minimum Gasteiger partial charge on any atom is -0.465 e. The van der Waals surface area contributed by atoms with Crippen LogP contribution in [0.1, 0.15) is 27.2 Å². The zero-order chi connectivity index (χ0) is 15.8. The van der Waals surface area contributed by atoms with Gasteiger partial charge in [-0.2, -0.15) is 0 Å². The first-order chi connectivity index (χ1) is 9.71. The molecule has 0 bridgehead atoms. The minimum absolute atomic E-state index is 0.0400. The van der Waals surface area contributed by atoms with E-state index in [9.17, 15) is 9.90 Å². The van der Waals surface area contributed by atoms with Crippen molar-refractivity contribution in [2.45, 2.75) is 39.3 Å². The molecular weight excluding hydrogens is 268 g/mol. The number of amides is 1. The highest BCUT2D eigenvalue weighted by Gasteiger charge is 2.45. The van der Waals surface area contributed by atoms with Crippen LogP contribution in [0.5, 0.6) is 0 Å². The van der Waals surface area contributed by atoms with Gasteiger partial charge in [0.25, 0.3) is 0 Å². The van der Waals surface area contributed by atoms with Gasteiger partial charge in [0.2, 0.25) is 0 Å². The average molecular weight is 292 g/mol. The van der Waals surface area contributed by atoms with Crippen LogP contribution < -0.4 is 10.6 Å². The number of pyridine rings is 1. The van der Waals surface area contributed by atoms with Crippen molar-refractivity contribution < 1.29 is 9.90 Å². The van der Waals surface area contributed by atoms with Crippen LogP contribution in [0, 0.1) is 5.41 Å². The molecule has 1 fully saturated rings. The standard InChI is InChI=1S/C15H24N4O2/c1-15(2,3)13-11(18(4)14(20)21)7-8-19(13)12-6-5-10(16)9-17-12/h5-6,9,11,13H,7-8,16H2,1-4H3,(H,20,21)/t11?,13-/m1/s1. The fourth-order valence-corrected chi connectivity index (χ4v) is 3.19. The second-order valence-electron chi connectivity index (χ2n) is 6.70. The Morgan fingerprint density at radius 1 is 1.48 bits per heavy atom. The van der Waals surface area contributed by atoms with E-state index < -0.39 is 6.09 Å². The van der Waals surface area contributed by atoms with Crippen molar-refractivity contribution in [1.82, 2.24) is 9.88 Å². The molecule has 0 aliphatic carbocycles. The number of nitrogen functional groups attached to an aromatic ring is 1. The number of hydrogen-bond acceptors (Lipinski definition) is 4. The topological polar surface area (TPSA) is 82.7 Å². The monoisotopic (exact) mass is 292 g/mol. The molecular formula is C15H24N4O2. The molecule has 116 valence electrons. The van der Waals surface area contributed by atoms with Crippen LogP contribution in [0.4, 0.5) is 16.3 Å². The van der Waals surface area contributed by atoms with E-state index in [2.05, 4.69) is 30.7 Å². The summed E-state index contributed by atoms with van der Waals surface area (Å²) in [4.78, 5) is 19.3. The van der Waals surface area contributed by atoms with Crippen LogP contribution in [0.25, 0.3) is 0 Å². The van der Waals surface area contributed by atoms with E-state index in [1.54, 1.807) is 13.2 Å². The van der Waals surface area contributed by atoms with Crippen molar-refractivity contribution in [2.24, 2.45) is 5.41 Å². The maximum absolute atomic E-state index is 11.3. The minimum atomic E-state index is -0.888. The predicted octanol–water partition coefficient (Wildman–Crippen LogP) is 2.27. The lowest BCUT2D eigenvalue weighted by Gasteiger charge is -2.41. The smallest absolute Gasteiger partial charge is 0.407 e. The summed E-state index contributed by atoms with van der Waals surface area (Å²) >= 11 is 0. The molecule has 1 saturated heterocycles. The quantitative estimate of drug-likeness (QED) is 0.873. The number of carboxylic acid groups (broad SMARTS) is 1. The number of hydrogen-bond donors (Lipinski definition) is 2. The van der Waals surface area contributed by atoms with Gasteiger partial charge in [-0.3, -0.25) is 0 Å². The summed E-state index contributed by atoms with van der Waals surface area (Å²) in [6.07, 6.45) is 1.56. The molecule has 2 atom stereocenters. The molecule has 1 amide bonds. The molecule has 6 heteroatoms. The van der Waals surface area contributed by atoms with Crippen LogP contribution in [0.15, 0.2) is 18.3 Å². The highest BCUT2D eigenvalue weighted by atomic mass is 16.4. The fraction of sp³-hybridized carbons (Fsp3) is 0.600. The van der Waals surface area contributed by atoms with Crippen molar-refractivity contribution in [3.05, 3.63) is 18.3 Å². The van der Waals surface area contributed by atoms with Crippen molar-refractivity contribution in [2.75, 3.05) is 24.2 Å². The van der Waals surface area contributed by atoms with Gasteiger partial charge >= 0.3 is 6.09 Å². The molecule has 3 N–H and O–H groups in total. The van der Waals surface area contributed by atoms with E-state index in [4.69, 9.17) is 5.73 Å². The molecule has 0 aromatic carbocycles. The lowest BCUT2D eigenvalue weighted by Crippen LogP contribution is -2.52. The van der Waals surface area contributed by atoms with E-state index >= 15 is 0 Å². The van der Waals surface area contributed by atoms with Gasteiger partial charge in [0.1, 0.15) is 5.82 Å². The molecule has 21 heavy (non-hydrogen) atoms. The Bertz CT molecular complexity index is 509. The Labute approximate surface area is 125 Å². The van der Waals surface area contributed by atoms with Gasteiger partial charge in [0, 0.05) is 13.6 Å². The molecule has 6 nitrogen and oxygen atoms in total. The molecule has 1 aromatic rings. The molecule has 0 radical (unpaired) electrons. The summed E-state index contributed by atoms with van der Waals surface area (Å²) in [7, 11) is 1.64. The third-order valence-corrected chi connectivity index (χ3v) is 4.12. The lowest BCUT2D eigenvalue weighted by atomic mass is 9.82. The maximum atomic E-state index is 11.3. The third kappa shape index (κ3) is 3.04. The Hall–Kier alpha value is -1.98. The summed E-state index contributed by atoms with van der Waals surface area (Å²) in [5.41, 5.74) is 6.26. The number of carbonyl (C=O) groups is 1. The molecule has 2 heterocycles. The fourth-order valence-electron chi connectivity index (χ4n) is 3.19. The number of rotatable bonds is 2. The van der Waals surface area contributed by atoms with E-state index in [0.29, 0.717) is 5.69 Å². The van der Waals surface area contributed by atoms with Crippen LogP contribution in [-0.4, -0.2) is 46.8 Å². The van der Waals surface area contributed by atoms with Crippen LogP contribution in [0.2, 0.25) is 0 Å². The zero-order valence-corrected chi connectivity index (χ0v) is 13.1. The predicted molar refractivity (Wildman–Crippen MR) is 83.4 cm³/mol. The second kappa shape index (κ2) is 5.42. The Morgan fingerprint density at radius 2 is 2.14 bits per heavy atom. The Morgan fingerprint density at radius 3 is 2.62 bits per heavy atom. The van der Waals surface area contributed by atoms with E-state index in [0.717, 1.165) is 18.8 Å². The van der Waals surface area contributed by atoms with Gasteiger partial charge in [-0.1, -0.05) is 20.8 Å². The molecule has 0 saturated carbocycles. The molecule has 0 spiro atoms. The van der Waals surface area contributed by atoms with Crippen LogP contribution in [-0.2, 0) is 0 Å². The molecule has 2 rings (SSSR count). The van der Waals surface area contributed by atoms with Crippen LogP contribution in [0.3, 0.4) is 0 Å². The first kappa shape index (κ1) is 15.4.